The molecule has 1 heterocycles. The molecule has 0 bridgehead atoms. The Kier molecular flexibility index (Phi) is 1.73. The maximum atomic E-state index is 13.0. The van der Waals surface area contributed by atoms with E-state index in [1.165, 1.54) is 23.5 Å². The normalized spacial score (nSPS) is 12.3. The standard InChI is InChI=1S/C11H6FNOS/c12-7-1-2-8-6(3-7)4-9-11(8)13-10(5-14)15-9/h1-3,5H,4H2. The van der Waals surface area contributed by atoms with Crippen molar-refractivity contribution in [1.82, 2.24) is 4.98 Å². The number of benzene rings is 1. The number of hydrogen-bond donors (Lipinski definition) is 0. The lowest BCUT2D eigenvalue weighted by atomic mass is 10.1. The third kappa shape index (κ3) is 1.22. The first kappa shape index (κ1) is 8.73. The van der Waals surface area contributed by atoms with Crippen molar-refractivity contribution in [3.8, 4) is 11.3 Å². The van der Waals surface area contributed by atoms with E-state index in [4.69, 9.17) is 0 Å². The Labute approximate surface area is 89.4 Å². The molecule has 74 valence electrons. The van der Waals surface area contributed by atoms with E-state index in [2.05, 4.69) is 4.98 Å². The largest absolute Gasteiger partial charge is 0.295 e. The third-order valence-electron chi connectivity index (χ3n) is 2.49. The lowest BCUT2D eigenvalue weighted by molar-refractivity contribution is 0.112. The second kappa shape index (κ2) is 2.97. The molecular weight excluding hydrogens is 213 g/mol. The highest BCUT2D eigenvalue weighted by Gasteiger charge is 2.23. The molecule has 2 aromatic rings. The predicted octanol–water partition coefficient (Wildman–Crippen LogP) is 2.67. The van der Waals surface area contributed by atoms with Crippen LogP contribution < -0.4 is 0 Å². The summed E-state index contributed by atoms with van der Waals surface area (Å²) >= 11 is 1.38. The summed E-state index contributed by atoms with van der Waals surface area (Å²) in [5, 5.41) is 0.495. The molecule has 4 heteroatoms. The fourth-order valence-electron chi connectivity index (χ4n) is 1.86. The van der Waals surface area contributed by atoms with E-state index in [-0.39, 0.29) is 5.82 Å². The van der Waals surface area contributed by atoms with Gasteiger partial charge in [0.05, 0.1) is 5.69 Å². The number of fused-ring (bicyclic) bond motifs is 3. The van der Waals surface area contributed by atoms with Crippen LogP contribution in [0.1, 0.15) is 20.2 Å². The Hall–Kier alpha value is -1.55. The molecule has 0 aliphatic heterocycles. The monoisotopic (exact) mass is 219 g/mol. The van der Waals surface area contributed by atoms with E-state index in [1.807, 2.05) is 0 Å². The molecule has 0 saturated carbocycles. The number of thiazole rings is 1. The van der Waals surface area contributed by atoms with Gasteiger partial charge in [0, 0.05) is 16.9 Å². The van der Waals surface area contributed by atoms with Crippen LogP contribution in [0.5, 0.6) is 0 Å². The molecule has 0 atom stereocenters. The molecule has 0 N–H and O–H groups in total. The first-order chi connectivity index (χ1) is 7.28. The lowest BCUT2D eigenvalue weighted by Gasteiger charge is -1.97. The van der Waals surface area contributed by atoms with E-state index in [0.29, 0.717) is 11.4 Å². The SMILES string of the molecule is O=Cc1nc2c(s1)Cc1cc(F)ccc1-2. The summed E-state index contributed by atoms with van der Waals surface area (Å²) in [6.07, 6.45) is 1.44. The Morgan fingerprint density at radius 2 is 2.33 bits per heavy atom. The van der Waals surface area contributed by atoms with Gasteiger partial charge in [0.2, 0.25) is 0 Å². The molecule has 0 spiro atoms. The molecule has 1 aromatic heterocycles. The van der Waals surface area contributed by atoms with E-state index in [0.717, 1.165) is 28.0 Å². The number of carbonyl (C=O) groups is 1. The predicted molar refractivity (Wildman–Crippen MR) is 55.7 cm³/mol. The second-order valence-electron chi connectivity index (χ2n) is 3.42. The molecule has 2 nitrogen and oxygen atoms in total. The minimum Gasteiger partial charge on any atom is -0.295 e. The van der Waals surface area contributed by atoms with Crippen molar-refractivity contribution in [1.29, 1.82) is 0 Å². The number of halogens is 1. The summed E-state index contributed by atoms with van der Waals surface area (Å²) < 4.78 is 13.0. The summed E-state index contributed by atoms with van der Waals surface area (Å²) in [6.45, 7) is 0. The lowest BCUT2D eigenvalue weighted by Crippen LogP contribution is -1.84. The molecule has 3 rings (SSSR count). The molecule has 1 aliphatic rings. The summed E-state index contributed by atoms with van der Waals surface area (Å²) in [7, 11) is 0. The van der Waals surface area contributed by atoms with Gasteiger partial charge in [0.1, 0.15) is 5.82 Å². The summed E-state index contributed by atoms with van der Waals surface area (Å²) in [5.41, 5.74) is 2.76. The minimum atomic E-state index is -0.223. The molecule has 0 radical (unpaired) electrons. The van der Waals surface area contributed by atoms with Gasteiger partial charge < -0.3 is 0 Å². The average molecular weight is 219 g/mol. The Balaban J connectivity index is 2.21. The van der Waals surface area contributed by atoms with Crippen molar-refractivity contribution in [3.63, 3.8) is 0 Å². The Morgan fingerprint density at radius 3 is 3.13 bits per heavy atom. The molecular formula is C11H6FNOS. The third-order valence-corrected chi connectivity index (χ3v) is 3.47. The van der Waals surface area contributed by atoms with Crippen molar-refractivity contribution in [2.24, 2.45) is 0 Å². The van der Waals surface area contributed by atoms with Crippen molar-refractivity contribution < 1.29 is 9.18 Å². The fraction of sp³-hybridized carbons (Fsp3) is 0.0909. The first-order valence-corrected chi connectivity index (χ1v) is 5.33. The van der Waals surface area contributed by atoms with Crippen LogP contribution in [0.3, 0.4) is 0 Å². The van der Waals surface area contributed by atoms with E-state index >= 15 is 0 Å². The summed E-state index contributed by atoms with van der Waals surface area (Å²) in [4.78, 5) is 15.8. The molecule has 0 amide bonds. The number of carbonyl (C=O) groups excluding carboxylic acids is 1. The zero-order chi connectivity index (χ0) is 10.4. The van der Waals surface area contributed by atoms with Crippen molar-refractivity contribution in [2.45, 2.75) is 6.42 Å². The fourth-order valence-corrected chi connectivity index (χ4v) is 2.78. The molecule has 1 aliphatic carbocycles. The molecule has 15 heavy (non-hydrogen) atoms. The number of aldehydes is 1. The number of nitrogens with zero attached hydrogens (tertiary/aromatic N) is 1. The maximum absolute atomic E-state index is 13.0. The quantitative estimate of drug-likeness (QED) is 0.589. The number of aromatic nitrogens is 1. The van der Waals surface area contributed by atoms with E-state index in [1.54, 1.807) is 6.07 Å². The first-order valence-electron chi connectivity index (χ1n) is 4.51. The van der Waals surface area contributed by atoms with Gasteiger partial charge in [-0.1, -0.05) is 0 Å². The summed E-state index contributed by atoms with van der Waals surface area (Å²) in [5.74, 6) is -0.223. The van der Waals surface area contributed by atoms with Crippen LogP contribution in [0.15, 0.2) is 18.2 Å². The smallest absolute Gasteiger partial charge is 0.178 e. The van der Waals surface area contributed by atoms with Crippen LogP contribution in [0.2, 0.25) is 0 Å². The van der Waals surface area contributed by atoms with Crippen LogP contribution in [0, 0.1) is 5.82 Å². The van der Waals surface area contributed by atoms with Gasteiger partial charge in [-0.25, -0.2) is 9.37 Å². The maximum Gasteiger partial charge on any atom is 0.178 e. The van der Waals surface area contributed by atoms with E-state index < -0.39 is 0 Å². The summed E-state index contributed by atoms with van der Waals surface area (Å²) in [6, 6.07) is 4.68. The van der Waals surface area contributed by atoms with Crippen LogP contribution in [-0.2, 0) is 6.42 Å². The van der Waals surface area contributed by atoms with Gasteiger partial charge in [-0.05, 0) is 23.8 Å². The van der Waals surface area contributed by atoms with Crippen molar-refractivity contribution >= 4 is 17.6 Å². The van der Waals surface area contributed by atoms with Crippen molar-refractivity contribution in [3.05, 3.63) is 39.5 Å². The minimum absolute atomic E-state index is 0.223. The van der Waals surface area contributed by atoms with Gasteiger partial charge in [0.15, 0.2) is 11.3 Å². The molecule has 0 saturated heterocycles. The molecule has 0 fully saturated rings. The van der Waals surface area contributed by atoms with Gasteiger partial charge in [0.25, 0.3) is 0 Å². The van der Waals surface area contributed by atoms with E-state index in [9.17, 15) is 9.18 Å². The van der Waals surface area contributed by atoms with Crippen LogP contribution >= 0.6 is 11.3 Å². The van der Waals surface area contributed by atoms with Gasteiger partial charge in [-0.3, -0.25) is 4.79 Å². The van der Waals surface area contributed by atoms with Gasteiger partial charge in [-0.15, -0.1) is 11.3 Å². The zero-order valence-corrected chi connectivity index (χ0v) is 8.47. The topological polar surface area (TPSA) is 30.0 Å². The van der Waals surface area contributed by atoms with Crippen molar-refractivity contribution in [2.75, 3.05) is 0 Å². The highest BCUT2D eigenvalue weighted by Crippen LogP contribution is 2.39. The van der Waals surface area contributed by atoms with Gasteiger partial charge >= 0.3 is 0 Å². The highest BCUT2D eigenvalue weighted by atomic mass is 32.1. The Morgan fingerprint density at radius 1 is 1.47 bits per heavy atom. The second-order valence-corrected chi connectivity index (χ2v) is 4.54. The van der Waals surface area contributed by atoms with Gasteiger partial charge in [-0.2, -0.15) is 0 Å². The Bertz CT molecular complexity index is 562. The van der Waals surface area contributed by atoms with Crippen LogP contribution in [0.25, 0.3) is 11.3 Å². The average Bonchev–Trinajstić information content (AvgIpc) is 2.73. The zero-order valence-electron chi connectivity index (χ0n) is 7.66. The molecule has 1 aromatic carbocycles. The van der Waals surface area contributed by atoms with Crippen LogP contribution in [0.4, 0.5) is 4.39 Å². The number of hydrogen-bond acceptors (Lipinski definition) is 3. The highest BCUT2D eigenvalue weighted by molar-refractivity contribution is 7.13. The molecule has 0 unspecified atom stereocenters. The number of rotatable bonds is 1. The van der Waals surface area contributed by atoms with Crippen LogP contribution in [-0.4, -0.2) is 11.3 Å².